The number of halogens is 1. The first-order valence-corrected chi connectivity index (χ1v) is 19.5. The average molecular weight is 694 g/mol. The van der Waals surface area contributed by atoms with E-state index < -0.39 is 0 Å². The number of para-hydroxylation sites is 2. The molecule has 46 heavy (non-hydrogen) atoms. The van der Waals surface area contributed by atoms with Crippen molar-refractivity contribution < 1.29 is 14.7 Å². The van der Waals surface area contributed by atoms with E-state index in [1.807, 2.05) is 58.3 Å². The van der Waals surface area contributed by atoms with Crippen LogP contribution < -0.4 is 9.80 Å². The Bertz CT molecular complexity index is 1160. The fraction of sp³-hybridized carbons (Fsp3) is 0.600. The molecule has 0 aliphatic carbocycles. The van der Waals surface area contributed by atoms with Gasteiger partial charge in [-0.2, -0.15) is 0 Å². The number of aliphatic hydroxyl groups is 1. The number of rotatable bonds is 24. The number of fused-ring (bicyclic) bond motifs is 2. The summed E-state index contributed by atoms with van der Waals surface area (Å²) in [4.78, 5) is 32.0. The molecule has 0 unspecified atom stereocenters. The molecule has 0 fully saturated rings. The minimum atomic E-state index is -0.0312. The van der Waals surface area contributed by atoms with Crippen LogP contribution in [-0.2, 0) is 9.59 Å². The number of hydrogen-bond donors (Lipinski definition) is 1. The Balaban J connectivity index is 1.30. The van der Waals surface area contributed by atoms with E-state index in [0.29, 0.717) is 30.8 Å². The topological polar surface area (TPSA) is 60.9 Å². The van der Waals surface area contributed by atoms with E-state index >= 15 is 0 Å². The lowest BCUT2D eigenvalue weighted by Gasteiger charge is -2.17. The van der Waals surface area contributed by atoms with E-state index in [0.717, 1.165) is 66.4 Å². The Hall–Kier alpha value is -2.44. The average Bonchev–Trinajstić information content (AvgIpc) is 3.50. The molecule has 0 bridgehead atoms. The Labute approximate surface area is 287 Å². The van der Waals surface area contributed by atoms with Gasteiger partial charge in [0.15, 0.2) is 0 Å². The first-order valence-electron chi connectivity index (χ1n) is 18.4. The van der Waals surface area contributed by atoms with Crippen molar-refractivity contribution in [2.24, 2.45) is 0 Å². The quantitative estimate of drug-likeness (QED) is 0.0676. The molecule has 2 amide bonds. The molecule has 0 radical (unpaired) electrons. The normalized spacial score (nSPS) is 15.7. The van der Waals surface area contributed by atoms with Gasteiger partial charge >= 0.3 is 0 Å². The number of anilines is 2. The van der Waals surface area contributed by atoms with Crippen LogP contribution in [0.3, 0.4) is 0 Å². The van der Waals surface area contributed by atoms with E-state index in [2.05, 4.69) is 15.9 Å². The number of unbranched alkanes of at least 4 members (excludes halogenated alkanes) is 18. The zero-order valence-corrected chi connectivity index (χ0v) is 29.7. The molecule has 2 aliphatic heterocycles. The van der Waals surface area contributed by atoms with Crippen LogP contribution in [0, 0.1) is 0 Å². The minimum Gasteiger partial charge on any atom is -0.396 e. The van der Waals surface area contributed by atoms with Crippen molar-refractivity contribution in [3.8, 4) is 0 Å². The summed E-state index contributed by atoms with van der Waals surface area (Å²) in [5.41, 5.74) is 4.81. The van der Waals surface area contributed by atoms with Gasteiger partial charge in [-0.1, -0.05) is 155 Å². The molecule has 2 aliphatic rings. The molecule has 2 aromatic rings. The van der Waals surface area contributed by atoms with Gasteiger partial charge in [-0.25, -0.2) is 0 Å². The van der Waals surface area contributed by atoms with Gasteiger partial charge in [0.1, 0.15) is 0 Å². The molecule has 4 rings (SSSR count). The number of alkyl halides is 1. The van der Waals surface area contributed by atoms with Crippen molar-refractivity contribution in [1.29, 1.82) is 0 Å². The van der Waals surface area contributed by atoms with Crippen LogP contribution in [0.15, 0.2) is 48.5 Å². The van der Waals surface area contributed by atoms with Gasteiger partial charge in [0, 0.05) is 36.2 Å². The van der Waals surface area contributed by atoms with Gasteiger partial charge in [-0.05, 0) is 37.8 Å². The lowest BCUT2D eigenvalue weighted by atomic mass is 9.96. The van der Waals surface area contributed by atoms with Crippen LogP contribution in [0.25, 0.3) is 11.1 Å². The van der Waals surface area contributed by atoms with Crippen LogP contribution in [-0.4, -0.2) is 41.9 Å². The molecule has 5 nitrogen and oxygen atoms in total. The van der Waals surface area contributed by atoms with Crippen molar-refractivity contribution in [1.82, 2.24) is 0 Å². The molecule has 0 spiro atoms. The SMILES string of the molecule is O=C1C(=C2C(=O)N(CCCCCCCCCCCCBr)c3ccccc32)c2ccccc2N1CCCCCCCCCCCCO. The number of aliphatic hydroxyl groups excluding tert-OH is 1. The Morgan fingerprint density at radius 1 is 0.457 bits per heavy atom. The Morgan fingerprint density at radius 2 is 0.783 bits per heavy atom. The minimum absolute atomic E-state index is 0.0268. The monoisotopic (exact) mass is 692 g/mol. The van der Waals surface area contributed by atoms with Crippen molar-refractivity contribution >= 4 is 50.3 Å². The summed E-state index contributed by atoms with van der Waals surface area (Å²) in [5.74, 6) is -0.0580. The molecular weight excluding hydrogens is 636 g/mol. The number of benzene rings is 2. The van der Waals surface area contributed by atoms with Crippen molar-refractivity contribution in [3.63, 3.8) is 0 Å². The molecule has 6 heteroatoms. The van der Waals surface area contributed by atoms with Gasteiger partial charge < -0.3 is 14.9 Å². The predicted octanol–water partition coefficient (Wildman–Crippen LogP) is 10.5. The molecule has 252 valence electrons. The number of nitrogens with zero attached hydrogens (tertiary/aromatic N) is 2. The summed E-state index contributed by atoms with van der Waals surface area (Å²) in [6, 6.07) is 16.0. The van der Waals surface area contributed by atoms with E-state index in [1.54, 1.807) is 0 Å². The summed E-state index contributed by atoms with van der Waals surface area (Å²) >= 11 is 3.51. The van der Waals surface area contributed by atoms with Gasteiger partial charge in [0.05, 0.1) is 22.5 Å². The predicted molar refractivity (Wildman–Crippen MR) is 198 cm³/mol. The number of carbonyl (C=O) groups is 2. The lowest BCUT2D eigenvalue weighted by molar-refractivity contribution is -0.114. The van der Waals surface area contributed by atoms with E-state index in [1.165, 1.54) is 89.9 Å². The standard InChI is InChI=1S/C40H57BrN2O3/c41-29-21-13-9-5-1-2-6-10-14-22-30-42-35-27-19-17-25-33(35)37(39(42)45)38-34-26-18-20-28-36(34)43(40(38)46)31-23-15-11-7-3-4-8-12-16-24-32-44/h17-20,25-28,44H,1-16,21-24,29-32H2. The fourth-order valence-corrected chi connectivity index (χ4v) is 7.46. The largest absolute Gasteiger partial charge is 0.396 e. The second-order valence-corrected chi connectivity index (χ2v) is 14.0. The maximum atomic E-state index is 14.1. The highest BCUT2D eigenvalue weighted by atomic mass is 79.9. The zero-order valence-electron chi connectivity index (χ0n) is 28.1. The number of hydrogen-bond acceptors (Lipinski definition) is 3. The second-order valence-electron chi connectivity index (χ2n) is 13.2. The third kappa shape index (κ3) is 10.3. The van der Waals surface area contributed by atoms with Gasteiger partial charge in [-0.15, -0.1) is 0 Å². The van der Waals surface area contributed by atoms with Gasteiger partial charge in [0.2, 0.25) is 0 Å². The third-order valence-electron chi connectivity index (χ3n) is 9.65. The van der Waals surface area contributed by atoms with Crippen molar-refractivity contribution in [2.45, 2.75) is 128 Å². The maximum Gasteiger partial charge on any atom is 0.259 e. The van der Waals surface area contributed by atoms with Crippen LogP contribution in [0.4, 0.5) is 11.4 Å². The highest BCUT2D eigenvalue weighted by Gasteiger charge is 2.41. The van der Waals surface area contributed by atoms with Gasteiger partial charge in [-0.3, -0.25) is 9.59 Å². The first-order chi connectivity index (χ1) is 22.7. The second kappa shape index (κ2) is 20.7. The number of amides is 2. The smallest absolute Gasteiger partial charge is 0.259 e. The molecule has 0 saturated carbocycles. The third-order valence-corrected chi connectivity index (χ3v) is 10.2. The molecule has 1 N–H and O–H groups in total. The molecule has 0 saturated heterocycles. The van der Waals surface area contributed by atoms with E-state index in [9.17, 15) is 9.59 Å². The molecule has 0 aromatic heterocycles. The highest BCUT2D eigenvalue weighted by Crippen LogP contribution is 2.46. The van der Waals surface area contributed by atoms with E-state index in [-0.39, 0.29) is 11.8 Å². The van der Waals surface area contributed by atoms with Crippen molar-refractivity contribution in [3.05, 3.63) is 59.7 Å². The Kier molecular flexibility index (Phi) is 16.4. The van der Waals surface area contributed by atoms with Crippen molar-refractivity contribution in [2.75, 3.05) is 34.8 Å². The lowest BCUT2D eigenvalue weighted by Crippen LogP contribution is -2.30. The Morgan fingerprint density at radius 3 is 1.15 bits per heavy atom. The van der Waals surface area contributed by atoms with E-state index in [4.69, 9.17) is 5.11 Å². The van der Waals surface area contributed by atoms with Gasteiger partial charge in [0.25, 0.3) is 11.8 Å². The first kappa shape index (κ1) is 36.4. The summed E-state index contributed by atoms with van der Waals surface area (Å²) in [6.07, 6.45) is 24.1. The number of carbonyl (C=O) groups excluding carboxylic acids is 2. The molecule has 2 heterocycles. The summed E-state index contributed by atoms with van der Waals surface area (Å²) in [6.45, 7) is 1.69. The van der Waals surface area contributed by atoms with Crippen LogP contribution in [0.1, 0.15) is 140 Å². The summed E-state index contributed by atoms with van der Waals surface area (Å²) < 4.78 is 0. The maximum absolute atomic E-state index is 14.1. The molecule has 0 atom stereocenters. The zero-order chi connectivity index (χ0) is 32.4. The summed E-state index contributed by atoms with van der Waals surface area (Å²) in [5, 5.41) is 10.0. The molecular formula is C40H57BrN2O3. The van der Waals surface area contributed by atoms with Crippen LogP contribution >= 0.6 is 15.9 Å². The van der Waals surface area contributed by atoms with Crippen LogP contribution in [0.5, 0.6) is 0 Å². The fourth-order valence-electron chi connectivity index (χ4n) is 7.06. The summed E-state index contributed by atoms with van der Waals surface area (Å²) in [7, 11) is 0. The highest BCUT2D eigenvalue weighted by molar-refractivity contribution is 9.09. The van der Waals surface area contributed by atoms with Crippen LogP contribution in [0.2, 0.25) is 0 Å². The molecule has 2 aromatic carbocycles.